The predicted octanol–water partition coefficient (Wildman–Crippen LogP) is 2.27. The van der Waals surface area contributed by atoms with Crippen LogP contribution in [0, 0.1) is 0 Å². The number of hydrogen-bond donors (Lipinski definition) is 1. The molecule has 0 bridgehead atoms. The van der Waals surface area contributed by atoms with Crippen molar-refractivity contribution in [2.75, 3.05) is 7.11 Å². The minimum atomic E-state index is -0.161. The van der Waals surface area contributed by atoms with Crippen LogP contribution in [-0.2, 0) is 0 Å². The van der Waals surface area contributed by atoms with E-state index in [1.54, 1.807) is 49.7 Å². The highest BCUT2D eigenvalue weighted by Crippen LogP contribution is 2.13. The SMILES string of the molecule is COc1ccc(C(=O)/C=C(\N)c2ccccn2)cc1. The summed E-state index contributed by atoms with van der Waals surface area (Å²) in [6.07, 6.45) is 3.01. The third-order valence-electron chi connectivity index (χ3n) is 2.62. The van der Waals surface area contributed by atoms with Crippen molar-refractivity contribution >= 4 is 11.5 Å². The molecule has 0 amide bonds. The number of hydrogen-bond acceptors (Lipinski definition) is 4. The molecule has 1 heterocycles. The quantitative estimate of drug-likeness (QED) is 0.671. The number of carbonyl (C=O) groups excluding carboxylic acids is 1. The van der Waals surface area contributed by atoms with Gasteiger partial charge >= 0.3 is 0 Å². The van der Waals surface area contributed by atoms with Crippen molar-refractivity contribution < 1.29 is 9.53 Å². The van der Waals surface area contributed by atoms with Crippen LogP contribution in [0.1, 0.15) is 16.1 Å². The number of nitrogens with two attached hydrogens (primary N) is 1. The first kappa shape index (κ1) is 12.8. The van der Waals surface area contributed by atoms with Gasteiger partial charge in [0, 0.05) is 17.8 Å². The van der Waals surface area contributed by atoms with Crippen LogP contribution in [0.3, 0.4) is 0 Å². The highest BCUT2D eigenvalue weighted by atomic mass is 16.5. The number of benzene rings is 1. The summed E-state index contributed by atoms with van der Waals surface area (Å²) in [5.41, 5.74) is 7.33. The molecular formula is C15H14N2O2. The highest BCUT2D eigenvalue weighted by Gasteiger charge is 2.05. The van der Waals surface area contributed by atoms with Gasteiger partial charge in [-0.3, -0.25) is 9.78 Å². The van der Waals surface area contributed by atoms with Gasteiger partial charge in [0.15, 0.2) is 5.78 Å². The molecule has 96 valence electrons. The van der Waals surface area contributed by atoms with Crippen molar-refractivity contribution in [3.05, 3.63) is 66.0 Å². The number of nitrogens with zero attached hydrogens (tertiary/aromatic N) is 1. The maximum Gasteiger partial charge on any atom is 0.187 e. The molecule has 1 aromatic carbocycles. The molecule has 0 atom stereocenters. The van der Waals surface area contributed by atoms with E-state index >= 15 is 0 Å². The van der Waals surface area contributed by atoms with Crippen molar-refractivity contribution in [1.29, 1.82) is 0 Å². The van der Waals surface area contributed by atoms with Crippen LogP contribution >= 0.6 is 0 Å². The second-order valence-electron chi connectivity index (χ2n) is 3.91. The minimum absolute atomic E-state index is 0.161. The molecule has 0 aliphatic carbocycles. The molecule has 0 unspecified atom stereocenters. The lowest BCUT2D eigenvalue weighted by Crippen LogP contribution is -2.03. The molecule has 4 nitrogen and oxygen atoms in total. The third-order valence-corrected chi connectivity index (χ3v) is 2.62. The van der Waals surface area contributed by atoms with Gasteiger partial charge in [-0.2, -0.15) is 0 Å². The Morgan fingerprint density at radius 3 is 2.53 bits per heavy atom. The number of pyridine rings is 1. The number of rotatable bonds is 4. The Balaban J connectivity index is 2.20. The van der Waals surface area contributed by atoms with Crippen LogP contribution in [0.15, 0.2) is 54.7 Å². The second kappa shape index (κ2) is 5.82. The molecule has 0 spiro atoms. The number of ketones is 1. The largest absolute Gasteiger partial charge is 0.497 e. The monoisotopic (exact) mass is 254 g/mol. The van der Waals surface area contributed by atoms with Crippen molar-refractivity contribution in [1.82, 2.24) is 4.98 Å². The van der Waals surface area contributed by atoms with E-state index in [4.69, 9.17) is 10.5 Å². The Morgan fingerprint density at radius 1 is 1.21 bits per heavy atom. The lowest BCUT2D eigenvalue weighted by Gasteiger charge is -2.02. The maximum atomic E-state index is 12.0. The Bertz CT molecular complexity index is 589. The zero-order chi connectivity index (χ0) is 13.7. The van der Waals surface area contributed by atoms with Gasteiger partial charge in [0.2, 0.25) is 0 Å². The lowest BCUT2D eigenvalue weighted by molar-refractivity contribution is 0.104. The zero-order valence-corrected chi connectivity index (χ0v) is 10.5. The van der Waals surface area contributed by atoms with Gasteiger partial charge < -0.3 is 10.5 Å². The van der Waals surface area contributed by atoms with Gasteiger partial charge in [-0.05, 0) is 36.4 Å². The summed E-state index contributed by atoms with van der Waals surface area (Å²) in [4.78, 5) is 16.1. The fourth-order valence-corrected chi connectivity index (χ4v) is 1.59. The maximum absolute atomic E-state index is 12.0. The molecule has 0 fully saturated rings. The molecule has 0 aliphatic heterocycles. The summed E-state index contributed by atoms with van der Waals surface area (Å²) >= 11 is 0. The van der Waals surface area contributed by atoms with E-state index in [2.05, 4.69) is 4.98 Å². The molecule has 0 aliphatic rings. The van der Waals surface area contributed by atoms with Crippen molar-refractivity contribution in [2.45, 2.75) is 0 Å². The lowest BCUT2D eigenvalue weighted by atomic mass is 10.1. The molecule has 2 rings (SSSR count). The average Bonchev–Trinajstić information content (AvgIpc) is 2.48. The Labute approximate surface area is 111 Å². The van der Waals surface area contributed by atoms with Crippen molar-refractivity contribution in [2.24, 2.45) is 5.73 Å². The van der Waals surface area contributed by atoms with Gasteiger partial charge in [0.05, 0.1) is 18.5 Å². The van der Waals surface area contributed by atoms with Gasteiger partial charge in [-0.1, -0.05) is 6.07 Å². The molecule has 1 aromatic heterocycles. The van der Waals surface area contributed by atoms with Gasteiger partial charge in [0.1, 0.15) is 5.75 Å². The summed E-state index contributed by atoms with van der Waals surface area (Å²) in [5, 5.41) is 0. The van der Waals surface area contributed by atoms with Crippen molar-refractivity contribution in [3.63, 3.8) is 0 Å². The zero-order valence-electron chi connectivity index (χ0n) is 10.5. The molecule has 0 saturated carbocycles. The second-order valence-corrected chi connectivity index (χ2v) is 3.91. The van der Waals surface area contributed by atoms with Crippen LogP contribution in [0.5, 0.6) is 5.75 Å². The number of ether oxygens (including phenoxy) is 1. The smallest absolute Gasteiger partial charge is 0.187 e. The van der Waals surface area contributed by atoms with Crippen molar-refractivity contribution in [3.8, 4) is 5.75 Å². The predicted molar refractivity (Wildman–Crippen MR) is 73.7 cm³/mol. The first-order chi connectivity index (χ1) is 9.20. The fraction of sp³-hybridized carbons (Fsp3) is 0.0667. The van der Waals surface area contributed by atoms with E-state index in [1.807, 2.05) is 6.07 Å². The first-order valence-corrected chi connectivity index (χ1v) is 5.77. The van der Waals surface area contributed by atoms with Crippen LogP contribution in [0.4, 0.5) is 0 Å². The number of carbonyl (C=O) groups is 1. The van der Waals surface area contributed by atoms with Gasteiger partial charge in [-0.15, -0.1) is 0 Å². The Hall–Kier alpha value is -2.62. The molecule has 0 saturated heterocycles. The fourth-order valence-electron chi connectivity index (χ4n) is 1.59. The molecule has 19 heavy (non-hydrogen) atoms. The summed E-state index contributed by atoms with van der Waals surface area (Å²) in [7, 11) is 1.58. The molecule has 2 N–H and O–H groups in total. The highest BCUT2D eigenvalue weighted by molar-refractivity contribution is 6.08. The Kier molecular flexibility index (Phi) is 3.93. The molecule has 4 heteroatoms. The molecule has 0 radical (unpaired) electrons. The van der Waals surface area contributed by atoms with Crippen LogP contribution in [-0.4, -0.2) is 17.9 Å². The van der Waals surface area contributed by atoms with Gasteiger partial charge in [-0.25, -0.2) is 0 Å². The minimum Gasteiger partial charge on any atom is -0.497 e. The number of allylic oxidation sites excluding steroid dienone is 1. The van der Waals surface area contributed by atoms with Crippen LogP contribution in [0.2, 0.25) is 0 Å². The summed E-state index contributed by atoms with van der Waals surface area (Å²) < 4.78 is 5.04. The normalized spacial score (nSPS) is 11.1. The number of aromatic nitrogens is 1. The van der Waals surface area contributed by atoms with Crippen LogP contribution in [0.25, 0.3) is 5.70 Å². The summed E-state index contributed by atoms with van der Waals surface area (Å²) in [6, 6.07) is 12.2. The van der Waals surface area contributed by atoms with E-state index in [0.717, 1.165) is 0 Å². The third kappa shape index (κ3) is 3.19. The molecular weight excluding hydrogens is 240 g/mol. The topological polar surface area (TPSA) is 65.2 Å². The standard InChI is InChI=1S/C15H14N2O2/c1-19-12-7-5-11(6-8-12)15(18)10-13(16)14-4-2-3-9-17-14/h2-10H,16H2,1H3/b13-10-. The van der Waals surface area contributed by atoms with Gasteiger partial charge in [0.25, 0.3) is 0 Å². The van der Waals surface area contributed by atoms with E-state index < -0.39 is 0 Å². The summed E-state index contributed by atoms with van der Waals surface area (Å²) in [6.45, 7) is 0. The van der Waals surface area contributed by atoms with E-state index in [9.17, 15) is 4.79 Å². The molecule has 2 aromatic rings. The van der Waals surface area contributed by atoms with Crippen LogP contribution < -0.4 is 10.5 Å². The average molecular weight is 254 g/mol. The van der Waals surface area contributed by atoms with E-state index in [0.29, 0.717) is 22.7 Å². The van der Waals surface area contributed by atoms with E-state index in [-0.39, 0.29) is 5.78 Å². The first-order valence-electron chi connectivity index (χ1n) is 5.77. The number of methoxy groups -OCH3 is 1. The summed E-state index contributed by atoms with van der Waals surface area (Å²) in [5.74, 6) is 0.545. The van der Waals surface area contributed by atoms with E-state index in [1.165, 1.54) is 6.08 Å². The Morgan fingerprint density at radius 2 is 1.95 bits per heavy atom.